The van der Waals surface area contributed by atoms with Gasteiger partial charge in [0.2, 0.25) is 15.9 Å². The molecule has 0 aliphatic carbocycles. The van der Waals surface area contributed by atoms with E-state index >= 15 is 0 Å². The van der Waals surface area contributed by atoms with Crippen LogP contribution >= 0.6 is 0 Å². The SMILES string of the molecule is Cc1ccc(S(=O)(=O)NCC(=O)NCC(=O)O[C@@H](C(=O)NC(N)=O)C(C)C)cc1C. The molecule has 0 aromatic heterocycles. The van der Waals surface area contributed by atoms with Gasteiger partial charge in [0, 0.05) is 0 Å². The Morgan fingerprint density at radius 2 is 1.70 bits per heavy atom. The van der Waals surface area contributed by atoms with Crippen molar-refractivity contribution < 1.29 is 32.3 Å². The van der Waals surface area contributed by atoms with E-state index in [9.17, 15) is 27.6 Å². The number of nitrogens with two attached hydrogens (primary N) is 1. The summed E-state index contributed by atoms with van der Waals surface area (Å²) in [5, 5.41) is 4.00. The highest BCUT2D eigenvalue weighted by molar-refractivity contribution is 7.89. The lowest BCUT2D eigenvalue weighted by Gasteiger charge is -2.19. The summed E-state index contributed by atoms with van der Waals surface area (Å²) in [7, 11) is -3.91. The number of carbonyl (C=O) groups is 4. The number of primary amides is 1. The van der Waals surface area contributed by atoms with Crippen molar-refractivity contribution in [2.24, 2.45) is 11.7 Å². The Morgan fingerprint density at radius 1 is 1.07 bits per heavy atom. The molecule has 0 heterocycles. The van der Waals surface area contributed by atoms with E-state index in [-0.39, 0.29) is 4.90 Å². The number of amides is 4. The summed E-state index contributed by atoms with van der Waals surface area (Å²) in [6.45, 7) is 5.57. The number of esters is 1. The van der Waals surface area contributed by atoms with Crippen LogP contribution in [-0.4, -0.2) is 51.4 Å². The highest BCUT2D eigenvalue weighted by Crippen LogP contribution is 2.14. The summed E-state index contributed by atoms with van der Waals surface area (Å²) in [6, 6.07) is 3.46. The predicted molar refractivity (Wildman–Crippen MR) is 107 cm³/mol. The maximum atomic E-state index is 12.3. The number of aryl methyl sites for hydroxylation is 2. The van der Waals surface area contributed by atoms with Gasteiger partial charge in [-0.3, -0.25) is 19.7 Å². The summed E-state index contributed by atoms with van der Waals surface area (Å²) >= 11 is 0. The molecule has 1 rings (SSSR count). The lowest BCUT2D eigenvalue weighted by atomic mass is 10.1. The summed E-state index contributed by atoms with van der Waals surface area (Å²) in [6.07, 6.45) is -1.29. The number of carbonyl (C=O) groups excluding carboxylic acids is 4. The van der Waals surface area contributed by atoms with Crippen LogP contribution in [0.1, 0.15) is 25.0 Å². The minimum atomic E-state index is -3.91. The monoisotopic (exact) mass is 442 g/mol. The quantitative estimate of drug-likeness (QED) is 0.371. The van der Waals surface area contributed by atoms with E-state index in [1.807, 2.05) is 12.2 Å². The number of ether oxygens (including phenoxy) is 1. The van der Waals surface area contributed by atoms with Crippen LogP contribution in [0.5, 0.6) is 0 Å². The average Bonchev–Trinajstić information content (AvgIpc) is 2.64. The van der Waals surface area contributed by atoms with Crippen molar-refractivity contribution in [2.45, 2.75) is 38.7 Å². The number of sulfonamides is 1. The summed E-state index contributed by atoms with van der Waals surface area (Å²) in [4.78, 5) is 46.3. The number of hydrogen-bond donors (Lipinski definition) is 4. The minimum absolute atomic E-state index is 0.0121. The van der Waals surface area contributed by atoms with Crippen LogP contribution in [0.4, 0.5) is 4.79 Å². The van der Waals surface area contributed by atoms with Gasteiger partial charge >= 0.3 is 12.0 Å². The van der Waals surface area contributed by atoms with E-state index in [1.54, 1.807) is 26.8 Å². The van der Waals surface area contributed by atoms with E-state index in [0.29, 0.717) is 0 Å². The molecule has 1 aromatic carbocycles. The molecule has 0 aliphatic rings. The van der Waals surface area contributed by atoms with Crippen molar-refractivity contribution in [1.82, 2.24) is 15.4 Å². The van der Waals surface area contributed by atoms with Crippen molar-refractivity contribution in [3.8, 4) is 0 Å². The molecule has 1 atom stereocenters. The molecule has 0 saturated carbocycles. The Bertz CT molecular complexity index is 928. The van der Waals surface area contributed by atoms with Crippen LogP contribution in [0.25, 0.3) is 0 Å². The van der Waals surface area contributed by atoms with Gasteiger partial charge in [-0.05, 0) is 43.0 Å². The first-order chi connectivity index (χ1) is 13.8. The van der Waals surface area contributed by atoms with E-state index in [2.05, 4.69) is 10.0 Å². The van der Waals surface area contributed by atoms with Gasteiger partial charge in [0.1, 0.15) is 6.54 Å². The minimum Gasteiger partial charge on any atom is -0.451 e. The third-order valence-corrected chi connectivity index (χ3v) is 5.41. The molecule has 11 nitrogen and oxygen atoms in total. The molecular formula is C18H26N4O7S. The van der Waals surface area contributed by atoms with Gasteiger partial charge in [-0.15, -0.1) is 0 Å². The molecule has 0 spiro atoms. The average molecular weight is 442 g/mol. The number of rotatable bonds is 9. The van der Waals surface area contributed by atoms with E-state index in [1.165, 1.54) is 12.1 Å². The van der Waals surface area contributed by atoms with Crippen molar-refractivity contribution in [3.05, 3.63) is 29.3 Å². The smallest absolute Gasteiger partial charge is 0.326 e. The first kappa shape index (κ1) is 25.0. The van der Waals surface area contributed by atoms with Gasteiger partial charge in [-0.2, -0.15) is 0 Å². The first-order valence-electron chi connectivity index (χ1n) is 8.97. The molecule has 0 fully saturated rings. The van der Waals surface area contributed by atoms with E-state index in [4.69, 9.17) is 10.5 Å². The van der Waals surface area contributed by atoms with Crippen LogP contribution in [0.15, 0.2) is 23.1 Å². The summed E-state index contributed by atoms with van der Waals surface area (Å²) < 4.78 is 31.6. The Kier molecular flexibility index (Phi) is 8.93. The highest BCUT2D eigenvalue weighted by Gasteiger charge is 2.27. The second-order valence-corrected chi connectivity index (χ2v) is 8.62. The third kappa shape index (κ3) is 7.79. The normalized spacial score (nSPS) is 12.2. The van der Waals surface area contributed by atoms with Crippen molar-refractivity contribution in [1.29, 1.82) is 0 Å². The number of nitrogens with one attached hydrogen (secondary N) is 3. The first-order valence-corrected chi connectivity index (χ1v) is 10.4. The molecule has 30 heavy (non-hydrogen) atoms. The van der Waals surface area contributed by atoms with Crippen molar-refractivity contribution >= 4 is 33.8 Å². The van der Waals surface area contributed by atoms with Gasteiger partial charge in [0.15, 0.2) is 6.10 Å². The molecule has 0 radical (unpaired) electrons. The Labute approximate surface area is 174 Å². The number of hydrogen-bond acceptors (Lipinski definition) is 7. The summed E-state index contributed by atoms with van der Waals surface area (Å²) in [5.74, 6) is -3.08. The molecule has 166 valence electrons. The highest BCUT2D eigenvalue weighted by atomic mass is 32.2. The van der Waals surface area contributed by atoms with Gasteiger partial charge < -0.3 is 15.8 Å². The third-order valence-electron chi connectivity index (χ3n) is 4.01. The molecule has 5 N–H and O–H groups in total. The second kappa shape index (κ2) is 10.7. The summed E-state index contributed by atoms with van der Waals surface area (Å²) in [5.41, 5.74) is 6.57. The zero-order chi connectivity index (χ0) is 23.1. The van der Waals surface area contributed by atoms with Gasteiger partial charge in [0.25, 0.3) is 5.91 Å². The number of imide groups is 1. The molecular weight excluding hydrogens is 416 g/mol. The van der Waals surface area contributed by atoms with Crippen molar-refractivity contribution in [2.75, 3.05) is 13.1 Å². The number of benzene rings is 1. The standard InChI is InChI=1S/C18H26N4O7S/c1-10(2)16(17(25)22-18(19)26)29-15(24)9-20-14(23)8-21-30(27,28)13-6-5-11(3)12(4)7-13/h5-7,10,16,21H,8-9H2,1-4H3,(H,20,23)(H3,19,22,25,26)/t16-/m1/s1. The van der Waals surface area contributed by atoms with E-state index in [0.717, 1.165) is 11.1 Å². The topological polar surface area (TPSA) is 174 Å². The molecule has 0 bridgehead atoms. The maximum absolute atomic E-state index is 12.3. The van der Waals surface area contributed by atoms with E-state index < -0.39 is 58.9 Å². The fourth-order valence-electron chi connectivity index (χ4n) is 2.23. The van der Waals surface area contributed by atoms with Crippen LogP contribution < -0.4 is 21.1 Å². The van der Waals surface area contributed by atoms with Gasteiger partial charge in [0.05, 0.1) is 11.4 Å². The lowest BCUT2D eigenvalue weighted by molar-refractivity contribution is -0.157. The van der Waals surface area contributed by atoms with Crippen LogP contribution in [0.2, 0.25) is 0 Å². The lowest BCUT2D eigenvalue weighted by Crippen LogP contribution is -2.47. The van der Waals surface area contributed by atoms with Gasteiger partial charge in [-0.1, -0.05) is 19.9 Å². The molecule has 1 aromatic rings. The molecule has 12 heteroatoms. The largest absolute Gasteiger partial charge is 0.451 e. The zero-order valence-electron chi connectivity index (χ0n) is 17.1. The molecule has 4 amide bonds. The zero-order valence-corrected chi connectivity index (χ0v) is 18.0. The molecule has 0 saturated heterocycles. The fraction of sp³-hybridized carbons (Fsp3) is 0.444. The molecule has 0 aliphatic heterocycles. The van der Waals surface area contributed by atoms with Crippen molar-refractivity contribution in [3.63, 3.8) is 0 Å². The van der Waals surface area contributed by atoms with Crippen LogP contribution in [0, 0.1) is 19.8 Å². The maximum Gasteiger partial charge on any atom is 0.326 e. The van der Waals surface area contributed by atoms with Crippen LogP contribution in [0.3, 0.4) is 0 Å². The Morgan fingerprint density at radius 3 is 2.23 bits per heavy atom. The number of urea groups is 1. The second-order valence-electron chi connectivity index (χ2n) is 6.86. The Balaban J connectivity index is 2.57. The fourth-order valence-corrected chi connectivity index (χ4v) is 3.29. The predicted octanol–water partition coefficient (Wildman–Crippen LogP) is -0.539. The molecule has 0 unspecified atom stereocenters. The van der Waals surface area contributed by atoms with Crippen LogP contribution in [-0.2, 0) is 29.1 Å². The Hall–Kier alpha value is -2.99. The van der Waals surface area contributed by atoms with Gasteiger partial charge in [-0.25, -0.2) is 17.9 Å².